The van der Waals surface area contributed by atoms with E-state index in [-0.39, 0.29) is 0 Å². The van der Waals surface area contributed by atoms with Crippen molar-refractivity contribution in [2.24, 2.45) is 0 Å². The summed E-state index contributed by atoms with van der Waals surface area (Å²) in [5.74, 6) is 0. The van der Waals surface area contributed by atoms with Gasteiger partial charge in [-0.25, -0.2) is 0 Å². The summed E-state index contributed by atoms with van der Waals surface area (Å²) in [6.45, 7) is 4.64. The van der Waals surface area contributed by atoms with Gasteiger partial charge in [0.2, 0.25) is 0 Å². The third kappa shape index (κ3) is 1.93. The molecule has 0 saturated carbocycles. The normalized spacial score (nSPS) is 21.1. The first-order chi connectivity index (χ1) is 8.38. The van der Waals surface area contributed by atoms with E-state index in [1.54, 1.807) is 0 Å². The molecule has 2 heteroatoms. The average molecular weight is 226 g/mol. The van der Waals surface area contributed by atoms with E-state index < -0.39 is 0 Å². The molecule has 1 aromatic carbocycles. The molecule has 1 aliphatic rings. The van der Waals surface area contributed by atoms with Crippen LogP contribution in [0.3, 0.4) is 0 Å². The van der Waals surface area contributed by atoms with Crippen LogP contribution in [0.25, 0.3) is 10.9 Å². The maximum absolute atomic E-state index is 4.37. The fraction of sp³-hybridized carbons (Fsp3) is 0.400. The molecule has 88 valence electrons. The monoisotopic (exact) mass is 226 g/mol. The van der Waals surface area contributed by atoms with Crippen LogP contribution in [0.5, 0.6) is 0 Å². The number of pyridine rings is 1. The van der Waals surface area contributed by atoms with Crippen LogP contribution in [-0.2, 0) is 0 Å². The molecule has 0 radical (unpaired) electrons. The van der Waals surface area contributed by atoms with Crippen LogP contribution in [0.15, 0.2) is 36.5 Å². The van der Waals surface area contributed by atoms with Gasteiger partial charge in [0.05, 0.1) is 5.52 Å². The van der Waals surface area contributed by atoms with Crippen LogP contribution < -0.4 is 0 Å². The van der Waals surface area contributed by atoms with Crippen LogP contribution in [0.2, 0.25) is 0 Å². The van der Waals surface area contributed by atoms with Gasteiger partial charge in [0.1, 0.15) is 0 Å². The van der Waals surface area contributed by atoms with Crippen molar-refractivity contribution in [3.8, 4) is 0 Å². The summed E-state index contributed by atoms with van der Waals surface area (Å²) < 4.78 is 0. The third-order valence-corrected chi connectivity index (χ3v) is 3.78. The predicted octanol–water partition coefficient (Wildman–Crippen LogP) is 3.39. The van der Waals surface area contributed by atoms with E-state index in [2.05, 4.69) is 41.1 Å². The fourth-order valence-corrected chi connectivity index (χ4v) is 2.88. The standard InChI is InChI=1S/C15H18N2/c1-2-17-10-4-6-15(17)13-7-8-14-12(11-13)5-3-9-16-14/h3,5,7-9,11,15H,2,4,6,10H2,1H3/t15-/m0/s1. The molecule has 1 atom stereocenters. The van der Waals surface area contributed by atoms with Crippen molar-refractivity contribution in [2.75, 3.05) is 13.1 Å². The Balaban J connectivity index is 2.00. The van der Waals surface area contributed by atoms with Gasteiger partial charge in [-0.05, 0) is 49.7 Å². The number of benzene rings is 1. The lowest BCUT2D eigenvalue weighted by molar-refractivity contribution is 0.272. The molecule has 0 spiro atoms. The van der Waals surface area contributed by atoms with Gasteiger partial charge >= 0.3 is 0 Å². The number of hydrogen-bond donors (Lipinski definition) is 0. The van der Waals surface area contributed by atoms with Gasteiger partial charge in [0.25, 0.3) is 0 Å². The first-order valence-corrected chi connectivity index (χ1v) is 6.47. The predicted molar refractivity (Wildman–Crippen MR) is 71.0 cm³/mol. The summed E-state index contributed by atoms with van der Waals surface area (Å²) in [7, 11) is 0. The van der Waals surface area contributed by atoms with Crippen molar-refractivity contribution in [1.82, 2.24) is 9.88 Å². The van der Waals surface area contributed by atoms with Crippen LogP contribution in [0, 0.1) is 0 Å². The average Bonchev–Trinajstić information content (AvgIpc) is 2.86. The molecule has 0 bridgehead atoms. The topological polar surface area (TPSA) is 16.1 Å². The molecule has 0 N–H and O–H groups in total. The summed E-state index contributed by atoms with van der Waals surface area (Å²) in [6.07, 6.45) is 4.47. The summed E-state index contributed by atoms with van der Waals surface area (Å²) in [5, 5.41) is 1.26. The smallest absolute Gasteiger partial charge is 0.0702 e. The van der Waals surface area contributed by atoms with E-state index in [9.17, 15) is 0 Å². The zero-order valence-electron chi connectivity index (χ0n) is 10.3. The number of hydrogen-bond acceptors (Lipinski definition) is 2. The Hall–Kier alpha value is -1.41. The molecule has 1 fully saturated rings. The number of fused-ring (bicyclic) bond motifs is 1. The quantitative estimate of drug-likeness (QED) is 0.780. The van der Waals surface area contributed by atoms with E-state index in [4.69, 9.17) is 0 Å². The van der Waals surface area contributed by atoms with Gasteiger partial charge in [-0.2, -0.15) is 0 Å². The van der Waals surface area contributed by atoms with Crippen LogP contribution in [0.4, 0.5) is 0 Å². The summed E-state index contributed by atoms with van der Waals surface area (Å²) in [6, 6.07) is 11.5. The van der Waals surface area contributed by atoms with Crippen molar-refractivity contribution in [2.45, 2.75) is 25.8 Å². The Bertz CT molecular complexity index is 521. The lowest BCUT2D eigenvalue weighted by Crippen LogP contribution is -2.22. The minimum absolute atomic E-state index is 0.615. The zero-order valence-corrected chi connectivity index (χ0v) is 10.3. The van der Waals surface area contributed by atoms with Crippen molar-refractivity contribution in [3.63, 3.8) is 0 Å². The second-order valence-corrected chi connectivity index (χ2v) is 4.74. The molecular weight excluding hydrogens is 208 g/mol. The molecular formula is C15H18N2. The minimum Gasteiger partial charge on any atom is -0.297 e. The van der Waals surface area contributed by atoms with Crippen molar-refractivity contribution in [1.29, 1.82) is 0 Å². The van der Waals surface area contributed by atoms with E-state index >= 15 is 0 Å². The van der Waals surface area contributed by atoms with Crippen LogP contribution in [0.1, 0.15) is 31.4 Å². The Morgan fingerprint density at radius 3 is 3.18 bits per heavy atom. The van der Waals surface area contributed by atoms with Crippen LogP contribution >= 0.6 is 0 Å². The summed E-state index contributed by atoms with van der Waals surface area (Å²) in [5.41, 5.74) is 2.54. The molecule has 2 nitrogen and oxygen atoms in total. The first-order valence-electron chi connectivity index (χ1n) is 6.47. The highest BCUT2D eigenvalue weighted by molar-refractivity contribution is 5.79. The van der Waals surface area contributed by atoms with Crippen molar-refractivity contribution >= 4 is 10.9 Å². The third-order valence-electron chi connectivity index (χ3n) is 3.78. The Kier molecular flexibility index (Phi) is 2.81. The number of likely N-dealkylation sites (tertiary alicyclic amines) is 1. The van der Waals surface area contributed by atoms with Crippen LogP contribution in [-0.4, -0.2) is 23.0 Å². The second-order valence-electron chi connectivity index (χ2n) is 4.74. The molecule has 0 unspecified atom stereocenters. The molecule has 2 heterocycles. The maximum atomic E-state index is 4.37. The maximum Gasteiger partial charge on any atom is 0.0702 e. The van der Waals surface area contributed by atoms with Crippen molar-refractivity contribution in [3.05, 3.63) is 42.1 Å². The highest BCUT2D eigenvalue weighted by atomic mass is 15.2. The molecule has 3 rings (SSSR count). The molecule has 1 aromatic heterocycles. The highest BCUT2D eigenvalue weighted by Crippen LogP contribution is 2.32. The highest BCUT2D eigenvalue weighted by Gasteiger charge is 2.24. The minimum atomic E-state index is 0.615. The van der Waals surface area contributed by atoms with Crippen molar-refractivity contribution < 1.29 is 0 Å². The number of aromatic nitrogens is 1. The lowest BCUT2D eigenvalue weighted by Gasteiger charge is -2.23. The fourth-order valence-electron chi connectivity index (χ4n) is 2.88. The molecule has 1 saturated heterocycles. The van der Waals surface area contributed by atoms with Gasteiger partial charge in [0.15, 0.2) is 0 Å². The molecule has 0 aliphatic carbocycles. The summed E-state index contributed by atoms with van der Waals surface area (Å²) in [4.78, 5) is 6.94. The SMILES string of the molecule is CCN1CCC[C@H]1c1ccc2ncccc2c1. The van der Waals surface area contributed by atoms with E-state index in [0.717, 1.165) is 12.1 Å². The molecule has 1 aliphatic heterocycles. The van der Waals surface area contributed by atoms with Gasteiger partial charge in [-0.3, -0.25) is 9.88 Å². The van der Waals surface area contributed by atoms with Gasteiger partial charge in [-0.1, -0.05) is 19.1 Å². The Morgan fingerprint density at radius 1 is 1.35 bits per heavy atom. The Labute approximate surface area is 102 Å². The van der Waals surface area contributed by atoms with E-state index in [1.165, 1.54) is 30.3 Å². The van der Waals surface area contributed by atoms with E-state index in [0.29, 0.717) is 6.04 Å². The molecule has 2 aromatic rings. The first kappa shape index (κ1) is 10.7. The zero-order chi connectivity index (χ0) is 11.7. The van der Waals surface area contributed by atoms with Gasteiger partial charge < -0.3 is 0 Å². The molecule has 17 heavy (non-hydrogen) atoms. The number of nitrogens with zero attached hydrogens (tertiary/aromatic N) is 2. The summed E-state index contributed by atoms with van der Waals surface area (Å²) >= 11 is 0. The lowest BCUT2D eigenvalue weighted by atomic mass is 10.0. The second kappa shape index (κ2) is 4.46. The largest absolute Gasteiger partial charge is 0.297 e. The van der Waals surface area contributed by atoms with E-state index in [1.807, 2.05) is 12.3 Å². The number of rotatable bonds is 2. The van der Waals surface area contributed by atoms with Gasteiger partial charge in [0, 0.05) is 17.6 Å². The molecule has 0 amide bonds. The Morgan fingerprint density at radius 2 is 2.29 bits per heavy atom. The van der Waals surface area contributed by atoms with Gasteiger partial charge in [-0.15, -0.1) is 0 Å².